The standard InChI is InChI=1S/C21H24N2O5.C9H19NO/c1-23-11-15(13-9-17(26-2)20-18(10-13)27-12-28-20)19(21(24)25)16(23)7-6-14-5-3-4-8-22-14;1-3-5-7-10(9-11)8-6-4-2/h3-5,8-10,15-16,19H,6-7,11-12H2,1-2H3,(H,24,25);9H,3-8H2,1-2H3. The molecule has 0 aliphatic carbocycles. The van der Waals surface area contributed by atoms with Crippen LogP contribution in [0.15, 0.2) is 36.5 Å². The van der Waals surface area contributed by atoms with Crippen LogP contribution in [0.25, 0.3) is 0 Å². The molecule has 2 aromatic rings. The Bertz CT molecular complexity index is 1040. The minimum absolute atomic E-state index is 0.0686. The zero-order chi connectivity index (χ0) is 28.2. The molecule has 1 fully saturated rings. The Hall–Kier alpha value is -3.33. The summed E-state index contributed by atoms with van der Waals surface area (Å²) in [6.45, 7) is 6.95. The number of likely N-dealkylation sites (tertiary alicyclic amines) is 1. The van der Waals surface area contributed by atoms with Gasteiger partial charge in [0.1, 0.15) is 0 Å². The van der Waals surface area contributed by atoms with Gasteiger partial charge in [0.05, 0.1) is 13.0 Å². The molecular weight excluding hydrogens is 498 g/mol. The van der Waals surface area contributed by atoms with E-state index in [-0.39, 0.29) is 18.8 Å². The van der Waals surface area contributed by atoms with Gasteiger partial charge in [-0.3, -0.25) is 14.6 Å². The maximum atomic E-state index is 12.2. The Morgan fingerprint density at radius 3 is 2.54 bits per heavy atom. The minimum atomic E-state index is -0.781. The number of pyridine rings is 1. The molecular formula is C30H43N3O6. The largest absolute Gasteiger partial charge is 0.493 e. The highest BCUT2D eigenvalue weighted by Crippen LogP contribution is 2.47. The van der Waals surface area contributed by atoms with Gasteiger partial charge in [0.25, 0.3) is 0 Å². The molecule has 0 radical (unpaired) electrons. The van der Waals surface area contributed by atoms with Crippen LogP contribution in [0.5, 0.6) is 17.2 Å². The predicted molar refractivity (Wildman–Crippen MR) is 149 cm³/mol. The monoisotopic (exact) mass is 541 g/mol. The van der Waals surface area contributed by atoms with Gasteiger partial charge in [-0.25, -0.2) is 0 Å². The third-order valence-corrected chi connectivity index (χ3v) is 7.46. The lowest BCUT2D eigenvalue weighted by Gasteiger charge is -2.23. The van der Waals surface area contributed by atoms with E-state index >= 15 is 0 Å². The first-order valence-corrected chi connectivity index (χ1v) is 13.9. The van der Waals surface area contributed by atoms with E-state index in [0.717, 1.165) is 69.3 Å². The molecule has 1 amide bonds. The van der Waals surface area contributed by atoms with Gasteiger partial charge in [-0.05, 0) is 62.6 Å². The number of hydrogen-bond acceptors (Lipinski definition) is 7. The Morgan fingerprint density at radius 1 is 1.21 bits per heavy atom. The number of carboxylic acids is 1. The van der Waals surface area contributed by atoms with Crippen molar-refractivity contribution in [2.45, 2.75) is 64.3 Å². The first-order chi connectivity index (χ1) is 18.9. The van der Waals surface area contributed by atoms with Crippen LogP contribution in [0, 0.1) is 5.92 Å². The second-order valence-corrected chi connectivity index (χ2v) is 10.1. The quantitative estimate of drug-likeness (QED) is 0.367. The van der Waals surface area contributed by atoms with E-state index in [1.165, 1.54) is 0 Å². The normalized spacial score (nSPS) is 19.7. The van der Waals surface area contributed by atoms with Gasteiger partial charge < -0.3 is 29.1 Å². The Morgan fingerprint density at radius 2 is 1.95 bits per heavy atom. The molecule has 3 atom stereocenters. The third kappa shape index (κ3) is 8.08. The number of likely N-dealkylation sites (N-methyl/N-ethyl adjacent to an activating group) is 1. The van der Waals surface area contributed by atoms with Crippen molar-refractivity contribution in [2.75, 3.05) is 40.6 Å². The number of hydrogen-bond donors (Lipinski definition) is 1. The summed E-state index contributed by atoms with van der Waals surface area (Å²) in [5.41, 5.74) is 1.88. The molecule has 0 saturated carbocycles. The van der Waals surface area contributed by atoms with Crippen molar-refractivity contribution in [2.24, 2.45) is 5.92 Å². The summed E-state index contributed by atoms with van der Waals surface area (Å²) in [6, 6.07) is 9.51. The highest BCUT2D eigenvalue weighted by molar-refractivity contribution is 5.73. The van der Waals surface area contributed by atoms with E-state index in [1.807, 2.05) is 42.3 Å². The fourth-order valence-corrected chi connectivity index (χ4v) is 5.30. The minimum Gasteiger partial charge on any atom is -0.493 e. The average Bonchev–Trinajstić information content (AvgIpc) is 3.56. The van der Waals surface area contributed by atoms with Crippen LogP contribution >= 0.6 is 0 Å². The van der Waals surface area contributed by atoms with Crippen molar-refractivity contribution in [3.63, 3.8) is 0 Å². The number of amides is 1. The number of benzene rings is 1. The fraction of sp³-hybridized carbons (Fsp3) is 0.567. The number of fused-ring (bicyclic) bond motifs is 1. The van der Waals surface area contributed by atoms with Crippen LogP contribution in [-0.2, 0) is 16.0 Å². The lowest BCUT2D eigenvalue weighted by molar-refractivity contribution is -0.143. The van der Waals surface area contributed by atoms with Crippen molar-refractivity contribution in [3.05, 3.63) is 47.8 Å². The van der Waals surface area contributed by atoms with Gasteiger partial charge in [0, 0.05) is 43.5 Å². The lowest BCUT2D eigenvalue weighted by atomic mass is 9.83. The highest BCUT2D eigenvalue weighted by Gasteiger charge is 2.45. The van der Waals surface area contributed by atoms with Gasteiger partial charge in [-0.1, -0.05) is 32.8 Å². The molecule has 2 aliphatic rings. The van der Waals surface area contributed by atoms with E-state index in [4.69, 9.17) is 14.2 Å². The zero-order valence-corrected chi connectivity index (χ0v) is 23.7. The molecule has 39 heavy (non-hydrogen) atoms. The number of ether oxygens (including phenoxy) is 3. The van der Waals surface area contributed by atoms with Crippen molar-refractivity contribution >= 4 is 12.4 Å². The molecule has 9 nitrogen and oxygen atoms in total. The topological polar surface area (TPSA) is 101 Å². The SMILES string of the molecule is CCCCN(C=O)CCCC.COc1cc(C2CN(C)C(CCc3ccccn3)C2C(=O)O)cc2c1OCO2. The summed E-state index contributed by atoms with van der Waals surface area (Å²) in [6.07, 6.45) is 8.80. The number of carboxylic acid groups (broad SMARTS) is 1. The van der Waals surface area contributed by atoms with Crippen molar-refractivity contribution < 1.29 is 28.9 Å². The fourth-order valence-electron chi connectivity index (χ4n) is 5.30. The number of aryl methyl sites for hydroxylation is 1. The summed E-state index contributed by atoms with van der Waals surface area (Å²) in [5, 5.41) is 10.0. The number of aromatic nitrogens is 1. The summed E-state index contributed by atoms with van der Waals surface area (Å²) in [4.78, 5) is 31.0. The molecule has 9 heteroatoms. The van der Waals surface area contributed by atoms with Crippen molar-refractivity contribution in [3.8, 4) is 17.2 Å². The summed E-state index contributed by atoms with van der Waals surface area (Å²) in [5.74, 6) is 0.318. The maximum absolute atomic E-state index is 12.2. The first kappa shape index (κ1) is 30.2. The Balaban J connectivity index is 0.000000325. The zero-order valence-electron chi connectivity index (χ0n) is 23.7. The molecule has 214 valence electrons. The highest BCUT2D eigenvalue weighted by atomic mass is 16.7. The molecule has 2 aliphatic heterocycles. The maximum Gasteiger partial charge on any atom is 0.308 e. The molecule has 3 heterocycles. The molecule has 4 rings (SSSR count). The van der Waals surface area contributed by atoms with Gasteiger partial charge >= 0.3 is 5.97 Å². The van der Waals surface area contributed by atoms with Crippen molar-refractivity contribution in [1.82, 2.24) is 14.8 Å². The number of nitrogens with zero attached hydrogens (tertiary/aromatic N) is 3. The molecule has 1 aromatic carbocycles. The van der Waals surface area contributed by atoms with E-state index < -0.39 is 11.9 Å². The predicted octanol–water partition coefficient (Wildman–Crippen LogP) is 4.60. The van der Waals surface area contributed by atoms with Crippen molar-refractivity contribution in [1.29, 1.82) is 0 Å². The summed E-state index contributed by atoms with van der Waals surface area (Å²) < 4.78 is 16.4. The van der Waals surface area contributed by atoms with Crippen LogP contribution < -0.4 is 14.2 Å². The third-order valence-electron chi connectivity index (χ3n) is 7.46. The van der Waals surface area contributed by atoms with Crippen LogP contribution in [0.2, 0.25) is 0 Å². The van der Waals surface area contributed by atoms with E-state index in [0.29, 0.717) is 23.8 Å². The second-order valence-electron chi connectivity index (χ2n) is 10.1. The van der Waals surface area contributed by atoms with Crippen LogP contribution in [0.4, 0.5) is 0 Å². The Kier molecular flexibility index (Phi) is 11.9. The van der Waals surface area contributed by atoms with E-state index in [1.54, 1.807) is 13.3 Å². The second kappa shape index (κ2) is 15.3. The lowest BCUT2D eigenvalue weighted by Crippen LogP contribution is -2.34. The van der Waals surface area contributed by atoms with Gasteiger partial charge in [0.15, 0.2) is 11.5 Å². The van der Waals surface area contributed by atoms with Crippen LogP contribution in [0.3, 0.4) is 0 Å². The molecule has 3 unspecified atom stereocenters. The molecule has 1 N–H and O–H groups in total. The van der Waals surface area contributed by atoms with Gasteiger partial charge in [-0.15, -0.1) is 0 Å². The first-order valence-electron chi connectivity index (χ1n) is 13.9. The number of carbonyl (C=O) groups is 2. The van der Waals surface area contributed by atoms with Gasteiger partial charge in [-0.2, -0.15) is 0 Å². The molecule has 0 spiro atoms. The number of aliphatic carboxylic acids is 1. The van der Waals surface area contributed by atoms with Crippen LogP contribution in [-0.4, -0.2) is 78.9 Å². The number of unbranched alkanes of at least 4 members (excludes halogenated alkanes) is 2. The number of methoxy groups -OCH3 is 1. The molecule has 0 bridgehead atoms. The van der Waals surface area contributed by atoms with E-state index in [2.05, 4.69) is 23.7 Å². The summed E-state index contributed by atoms with van der Waals surface area (Å²) in [7, 11) is 3.56. The number of rotatable bonds is 13. The Labute approximate surface area is 232 Å². The van der Waals surface area contributed by atoms with Crippen LogP contribution in [0.1, 0.15) is 63.1 Å². The number of carbonyl (C=O) groups excluding carboxylic acids is 1. The average molecular weight is 542 g/mol. The summed E-state index contributed by atoms with van der Waals surface area (Å²) >= 11 is 0. The molecule has 1 aromatic heterocycles. The molecule has 1 saturated heterocycles. The smallest absolute Gasteiger partial charge is 0.308 e. The van der Waals surface area contributed by atoms with Gasteiger partial charge in [0.2, 0.25) is 19.0 Å². The van der Waals surface area contributed by atoms with E-state index in [9.17, 15) is 14.7 Å².